The molecule has 0 aliphatic heterocycles. The maximum absolute atomic E-state index is 11.8. The first kappa shape index (κ1) is 15.1. The Bertz CT molecular complexity index is 668. The number of hydrogen-bond acceptors (Lipinski definition) is 3. The SMILES string of the molecule is O=C(NCCNc1ccnc2cc(Cl)ccc12)[C]1[CH][CH][CH][CH]1. The number of amides is 1. The Morgan fingerprint density at radius 1 is 1.14 bits per heavy atom. The second-order valence-corrected chi connectivity index (χ2v) is 5.31. The Balaban J connectivity index is 1.54. The number of anilines is 1. The first-order valence-corrected chi connectivity index (χ1v) is 7.40. The monoisotopic (exact) mass is 312 g/mol. The molecule has 1 fully saturated rings. The van der Waals surface area contributed by atoms with E-state index in [4.69, 9.17) is 11.6 Å². The number of rotatable bonds is 5. The fraction of sp³-hybridized carbons (Fsp3) is 0.118. The van der Waals surface area contributed by atoms with E-state index in [-0.39, 0.29) is 5.91 Å². The van der Waals surface area contributed by atoms with Gasteiger partial charge in [0.1, 0.15) is 0 Å². The van der Waals surface area contributed by atoms with E-state index in [9.17, 15) is 4.79 Å². The van der Waals surface area contributed by atoms with Crippen molar-refractivity contribution in [3.05, 3.63) is 67.1 Å². The zero-order valence-electron chi connectivity index (χ0n) is 11.8. The molecule has 2 aromatic rings. The predicted octanol–water partition coefficient (Wildman–Crippen LogP) is 2.82. The lowest BCUT2D eigenvalue weighted by atomic mass is 10.1. The van der Waals surface area contributed by atoms with Crippen molar-refractivity contribution in [2.75, 3.05) is 18.4 Å². The van der Waals surface area contributed by atoms with Gasteiger partial charge in [-0.1, -0.05) is 11.6 Å². The van der Waals surface area contributed by atoms with E-state index in [1.165, 1.54) is 0 Å². The van der Waals surface area contributed by atoms with Crippen LogP contribution in [0.25, 0.3) is 10.9 Å². The summed E-state index contributed by atoms with van der Waals surface area (Å²) in [7, 11) is 0. The molecule has 1 saturated carbocycles. The Morgan fingerprint density at radius 2 is 1.95 bits per heavy atom. The summed E-state index contributed by atoms with van der Waals surface area (Å²) in [6.45, 7) is 1.18. The van der Waals surface area contributed by atoms with Gasteiger partial charge in [0.15, 0.2) is 0 Å². The van der Waals surface area contributed by atoms with E-state index in [0.717, 1.165) is 16.6 Å². The number of halogens is 1. The molecule has 1 aromatic carbocycles. The minimum atomic E-state index is -0.0573. The molecule has 111 valence electrons. The van der Waals surface area contributed by atoms with Crippen molar-refractivity contribution in [1.29, 1.82) is 0 Å². The number of nitrogens with one attached hydrogen (secondary N) is 2. The van der Waals surface area contributed by atoms with Gasteiger partial charge in [-0.25, -0.2) is 0 Å². The van der Waals surface area contributed by atoms with E-state index < -0.39 is 0 Å². The van der Waals surface area contributed by atoms with E-state index in [1.807, 2.05) is 37.1 Å². The molecule has 1 heterocycles. The van der Waals surface area contributed by atoms with E-state index >= 15 is 0 Å². The lowest BCUT2D eigenvalue weighted by molar-refractivity contribution is -0.118. The predicted molar refractivity (Wildman–Crippen MR) is 88.7 cm³/mol. The molecule has 0 unspecified atom stereocenters. The average molecular weight is 313 g/mol. The van der Waals surface area contributed by atoms with E-state index in [0.29, 0.717) is 24.0 Å². The van der Waals surface area contributed by atoms with E-state index in [1.54, 1.807) is 19.0 Å². The van der Waals surface area contributed by atoms with Crippen LogP contribution in [-0.2, 0) is 4.79 Å². The van der Waals surface area contributed by atoms with Gasteiger partial charge in [0.2, 0.25) is 5.91 Å². The van der Waals surface area contributed by atoms with Gasteiger partial charge < -0.3 is 10.6 Å². The average Bonchev–Trinajstić information content (AvgIpc) is 3.05. The fourth-order valence-electron chi connectivity index (χ4n) is 2.28. The Kier molecular flexibility index (Phi) is 4.78. The maximum Gasteiger partial charge on any atom is 0.228 e. The topological polar surface area (TPSA) is 54.0 Å². The van der Waals surface area contributed by atoms with Gasteiger partial charge in [-0.15, -0.1) is 0 Å². The number of fused-ring (bicyclic) bond motifs is 1. The van der Waals surface area contributed by atoms with Gasteiger partial charge in [-0.2, -0.15) is 0 Å². The summed E-state index contributed by atoms with van der Waals surface area (Å²) < 4.78 is 0. The van der Waals surface area contributed by atoms with Crippen LogP contribution < -0.4 is 10.6 Å². The molecule has 0 atom stereocenters. The smallest absolute Gasteiger partial charge is 0.228 e. The van der Waals surface area contributed by atoms with Crippen LogP contribution in [0.15, 0.2) is 30.5 Å². The number of carbonyl (C=O) groups is 1. The molecule has 3 rings (SSSR count). The van der Waals surface area contributed by atoms with Gasteiger partial charge in [-0.05, 0) is 49.9 Å². The molecule has 4 nitrogen and oxygen atoms in total. The molecule has 22 heavy (non-hydrogen) atoms. The summed E-state index contributed by atoms with van der Waals surface area (Å²) in [6.07, 6.45) is 9.03. The summed E-state index contributed by atoms with van der Waals surface area (Å²) in [5.74, 6) is 0.627. The highest BCUT2D eigenvalue weighted by Gasteiger charge is 2.23. The number of benzene rings is 1. The van der Waals surface area contributed by atoms with E-state index in [2.05, 4.69) is 15.6 Å². The highest BCUT2D eigenvalue weighted by molar-refractivity contribution is 6.31. The van der Waals surface area contributed by atoms with Gasteiger partial charge >= 0.3 is 0 Å². The number of aromatic nitrogens is 1. The van der Waals surface area contributed by atoms with Crippen molar-refractivity contribution in [3.63, 3.8) is 0 Å². The number of hydrogen-bond donors (Lipinski definition) is 2. The van der Waals surface area contributed by atoms with Gasteiger partial charge in [-0.3, -0.25) is 9.78 Å². The molecule has 5 radical (unpaired) electrons. The Hall–Kier alpha value is -1.81. The van der Waals surface area contributed by atoms with Gasteiger partial charge in [0, 0.05) is 35.4 Å². The molecular weight excluding hydrogens is 298 g/mol. The fourth-order valence-corrected chi connectivity index (χ4v) is 2.44. The molecule has 0 saturated heterocycles. The molecule has 0 bridgehead atoms. The first-order chi connectivity index (χ1) is 10.7. The van der Waals surface area contributed by atoms with Crippen LogP contribution in [0.3, 0.4) is 0 Å². The molecule has 2 N–H and O–H groups in total. The van der Waals surface area contributed by atoms with Crippen LogP contribution in [0.5, 0.6) is 0 Å². The summed E-state index contributed by atoms with van der Waals surface area (Å²) in [5, 5.41) is 7.86. The summed E-state index contributed by atoms with van der Waals surface area (Å²) in [6, 6.07) is 7.53. The lowest BCUT2D eigenvalue weighted by Gasteiger charge is -2.12. The van der Waals surface area contributed by atoms with Crippen LogP contribution in [0.1, 0.15) is 0 Å². The molecule has 5 heteroatoms. The highest BCUT2D eigenvalue weighted by atomic mass is 35.5. The molecule has 0 spiro atoms. The van der Waals surface area contributed by atoms with Crippen LogP contribution in [-0.4, -0.2) is 24.0 Å². The van der Waals surface area contributed by atoms with Crippen molar-refractivity contribution in [3.8, 4) is 0 Å². The largest absolute Gasteiger partial charge is 0.383 e. The maximum atomic E-state index is 11.8. The minimum Gasteiger partial charge on any atom is -0.383 e. The standard InChI is InChI=1S/C17H15ClN3O/c18-13-5-6-14-15(7-8-19-16(14)11-13)20-9-10-21-17(22)12-3-1-2-4-12/h1-8,11H,9-10H2,(H,19,20)(H,21,22). The zero-order valence-corrected chi connectivity index (χ0v) is 12.6. The third-order valence-corrected chi connectivity index (χ3v) is 3.59. The van der Waals surface area contributed by atoms with Crippen molar-refractivity contribution < 1.29 is 4.79 Å². The minimum absolute atomic E-state index is 0.0573. The van der Waals surface area contributed by atoms with Crippen LogP contribution in [0, 0.1) is 31.6 Å². The van der Waals surface area contributed by atoms with Gasteiger partial charge in [0.05, 0.1) is 11.4 Å². The molecular formula is C17H15ClN3O. The third-order valence-electron chi connectivity index (χ3n) is 3.36. The first-order valence-electron chi connectivity index (χ1n) is 7.02. The molecule has 1 aliphatic carbocycles. The molecule has 1 aliphatic rings. The summed E-state index contributed by atoms with van der Waals surface area (Å²) in [4.78, 5) is 16.1. The number of nitrogens with zero attached hydrogens (tertiary/aromatic N) is 1. The zero-order chi connectivity index (χ0) is 15.4. The molecule has 1 aromatic heterocycles. The number of pyridine rings is 1. The van der Waals surface area contributed by atoms with Crippen LogP contribution in [0.4, 0.5) is 5.69 Å². The Labute approximate surface area is 135 Å². The normalized spacial score (nSPS) is 15.1. The Morgan fingerprint density at radius 3 is 2.77 bits per heavy atom. The highest BCUT2D eigenvalue weighted by Crippen LogP contribution is 2.24. The van der Waals surface area contributed by atoms with Crippen molar-refractivity contribution in [2.24, 2.45) is 0 Å². The number of carbonyl (C=O) groups excluding carboxylic acids is 1. The third kappa shape index (κ3) is 3.50. The quantitative estimate of drug-likeness (QED) is 0.835. The van der Waals surface area contributed by atoms with Crippen LogP contribution >= 0.6 is 11.6 Å². The molecule has 1 amide bonds. The summed E-state index contributed by atoms with van der Waals surface area (Å²) >= 11 is 5.97. The van der Waals surface area contributed by atoms with Crippen molar-refractivity contribution in [2.45, 2.75) is 0 Å². The lowest BCUT2D eigenvalue weighted by Crippen LogP contribution is -2.32. The van der Waals surface area contributed by atoms with Crippen molar-refractivity contribution in [1.82, 2.24) is 10.3 Å². The summed E-state index contributed by atoms with van der Waals surface area (Å²) in [5.41, 5.74) is 1.82. The van der Waals surface area contributed by atoms with Gasteiger partial charge in [0.25, 0.3) is 0 Å². The second kappa shape index (κ2) is 6.97. The second-order valence-electron chi connectivity index (χ2n) is 4.88. The van der Waals surface area contributed by atoms with Crippen LogP contribution in [0.2, 0.25) is 5.02 Å². The van der Waals surface area contributed by atoms with Crippen molar-refractivity contribution >= 4 is 34.1 Å².